The van der Waals surface area contributed by atoms with E-state index in [9.17, 15) is 4.79 Å². The third-order valence-electron chi connectivity index (χ3n) is 4.88. The minimum Gasteiger partial charge on any atom is -0.444 e. The molecular weight excluding hydrogens is 352 g/mol. The first kappa shape index (κ1) is 18.0. The molecule has 1 aliphatic rings. The Kier molecular flexibility index (Phi) is 4.93. The van der Waals surface area contributed by atoms with Crippen LogP contribution >= 0.6 is 0 Å². The van der Waals surface area contributed by atoms with Crippen molar-refractivity contribution in [2.24, 2.45) is 0 Å². The largest absolute Gasteiger partial charge is 0.444 e. The number of anilines is 2. The van der Waals surface area contributed by atoms with Gasteiger partial charge in [-0.2, -0.15) is 4.98 Å². The third kappa shape index (κ3) is 3.53. The summed E-state index contributed by atoms with van der Waals surface area (Å²) in [4.78, 5) is 23.0. The lowest BCUT2D eigenvalue weighted by Gasteiger charge is -2.23. The topological polar surface area (TPSA) is 67.4 Å². The second-order valence-corrected chi connectivity index (χ2v) is 6.83. The zero-order chi connectivity index (χ0) is 19.5. The average molecular weight is 374 g/mol. The Morgan fingerprint density at radius 1 is 1.04 bits per heavy atom. The fourth-order valence-electron chi connectivity index (χ4n) is 3.48. The van der Waals surface area contributed by atoms with Crippen LogP contribution in [0.5, 0.6) is 0 Å². The van der Waals surface area contributed by atoms with E-state index in [4.69, 9.17) is 4.74 Å². The quantitative estimate of drug-likeness (QED) is 0.699. The fraction of sp³-hybridized carbons (Fsp3) is 0.227. The summed E-state index contributed by atoms with van der Waals surface area (Å²) < 4.78 is 5.49. The monoisotopic (exact) mass is 374 g/mol. The van der Waals surface area contributed by atoms with Gasteiger partial charge in [0.1, 0.15) is 18.0 Å². The van der Waals surface area contributed by atoms with Crippen LogP contribution in [-0.2, 0) is 4.74 Å². The number of benzene rings is 2. The number of cyclic esters (lactones) is 1. The minimum atomic E-state index is -0.401. The maximum Gasteiger partial charge on any atom is 0.416 e. The van der Waals surface area contributed by atoms with Gasteiger partial charge in [-0.05, 0) is 31.0 Å². The molecule has 1 aliphatic heterocycles. The molecule has 0 saturated carbocycles. The maximum atomic E-state index is 12.5. The van der Waals surface area contributed by atoms with Crippen LogP contribution in [0.2, 0.25) is 0 Å². The number of carbonyl (C=O) groups is 1. The molecule has 4 rings (SSSR count). The Morgan fingerprint density at radius 3 is 2.43 bits per heavy atom. The van der Waals surface area contributed by atoms with Crippen LogP contribution in [0.1, 0.15) is 37.1 Å². The van der Waals surface area contributed by atoms with E-state index in [-0.39, 0.29) is 18.2 Å². The van der Waals surface area contributed by atoms with Gasteiger partial charge >= 0.3 is 6.09 Å². The number of ether oxygens (including phenoxy) is 1. The first-order valence-corrected chi connectivity index (χ1v) is 9.33. The summed E-state index contributed by atoms with van der Waals surface area (Å²) in [5, 5.41) is 3.30. The minimum absolute atomic E-state index is 0.0332. The van der Waals surface area contributed by atoms with Gasteiger partial charge in [0.05, 0.1) is 6.04 Å². The molecule has 6 nitrogen and oxygen atoms in total. The van der Waals surface area contributed by atoms with Gasteiger partial charge in [0.2, 0.25) is 5.95 Å². The van der Waals surface area contributed by atoms with Crippen molar-refractivity contribution >= 4 is 17.9 Å². The number of nitrogens with one attached hydrogen (secondary N) is 1. The molecule has 6 heteroatoms. The molecule has 1 aromatic heterocycles. The lowest BCUT2D eigenvalue weighted by molar-refractivity contribution is 0.141. The van der Waals surface area contributed by atoms with E-state index in [2.05, 4.69) is 15.3 Å². The second kappa shape index (κ2) is 7.68. The Bertz CT molecular complexity index is 949. The molecular formula is C22H22N4O2. The predicted octanol–water partition coefficient (Wildman–Crippen LogP) is 4.74. The van der Waals surface area contributed by atoms with E-state index in [1.165, 1.54) is 0 Å². The summed E-state index contributed by atoms with van der Waals surface area (Å²) in [6, 6.07) is 21.5. The Balaban J connectivity index is 1.61. The van der Waals surface area contributed by atoms with E-state index in [0.717, 1.165) is 11.1 Å². The van der Waals surface area contributed by atoms with Crippen molar-refractivity contribution in [2.75, 3.05) is 10.2 Å². The number of carbonyl (C=O) groups excluding carboxylic acids is 1. The molecule has 0 spiro atoms. The molecule has 28 heavy (non-hydrogen) atoms. The Morgan fingerprint density at radius 2 is 1.71 bits per heavy atom. The molecule has 1 fully saturated rings. The summed E-state index contributed by atoms with van der Waals surface area (Å²) in [7, 11) is 0. The average Bonchev–Trinajstić information content (AvgIpc) is 3.03. The van der Waals surface area contributed by atoms with Crippen molar-refractivity contribution in [1.29, 1.82) is 0 Å². The van der Waals surface area contributed by atoms with Crippen LogP contribution in [0, 0.1) is 0 Å². The van der Waals surface area contributed by atoms with E-state index < -0.39 is 6.09 Å². The van der Waals surface area contributed by atoms with E-state index >= 15 is 0 Å². The van der Waals surface area contributed by atoms with Crippen LogP contribution in [0.25, 0.3) is 0 Å². The van der Waals surface area contributed by atoms with E-state index in [1.54, 1.807) is 17.2 Å². The molecule has 2 aromatic carbocycles. The van der Waals surface area contributed by atoms with Gasteiger partial charge in [0.25, 0.3) is 0 Å². The van der Waals surface area contributed by atoms with Crippen molar-refractivity contribution in [3.8, 4) is 0 Å². The number of rotatable bonds is 5. The Hall–Kier alpha value is -3.41. The number of hydrogen-bond acceptors (Lipinski definition) is 5. The highest BCUT2D eigenvalue weighted by Gasteiger charge is 2.42. The first-order valence-electron chi connectivity index (χ1n) is 9.33. The van der Waals surface area contributed by atoms with Crippen LogP contribution in [0.3, 0.4) is 0 Å². The fourth-order valence-corrected chi connectivity index (χ4v) is 3.48. The summed E-state index contributed by atoms with van der Waals surface area (Å²) in [5.74, 6) is 0.981. The van der Waals surface area contributed by atoms with Crippen LogP contribution < -0.4 is 10.2 Å². The molecule has 2 heterocycles. The van der Waals surface area contributed by atoms with Gasteiger partial charge in [-0.3, -0.25) is 4.90 Å². The summed E-state index contributed by atoms with van der Waals surface area (Å²) in [6.07, 6.45) is 0.979. The molecule has 1 saturated heterocycles. The van der Waals surface area contributed by atoms with Crippen LogP contribution in [0.15, 0.2) is 72.9 Å². The molecule has 0 aliphatic carbocycles. The molecule has 3 aromatic rings. The van der Waals surface area contributed by atoms with Gasteiger partial charge in [-0.25, -0.2) is 9.78 Å². The highest BCUT2D eigenvalue weighted by atomic mass is 16.6. The molecule has 3 atom stereocenters. The first-order chi connectivity index (χ1) is 13.6. The van der Waals surface area contributed by atoms with Crippen molar-refractivity contribution in [3.63, 3.8) is 0 Å². The molecule has 0 unspecified atom stereocenters. The predicted molar refractivity (Wildman–Crippen MR) is 108 cm³/mol. The molecule has 1 amide bonds. The maximum absolute atomic E-state index is 12.5. The highest BCUT2D eigenvalue weighted by Crippen LogP contribution is 2.36. The van der Waals surface area contributed by atoms with Crippen LogP contribution in [-0.4, -0.2) is 22.2 Å². The number of amides is 1. The molecule has 142 valence electrons. The Labute approximate surface area is 164 Å². The van der Waals surface area contributed by atoms with Gasteiger partial charge in [0, 0.05) is 6.20 Å². The van der Waals surface area contributed by atoms with Crippen molar-refractivity contribution in [3.05, 3.63) is 84.1 Å². The van der Waals surface area contributed by atoms with Crippen molar-refractivity contribution in [1.82, 2.24) is 9.97 Å². The van der Waals surface area contributed by atoms with Crippen LogP contribution in [0.4, 0.5) is 16.6 Å². The van der Waals surface area contributed by atoms with Crippen molar-refractivity contribution < 1.29 is 9.53 Å². The normalized spacial score (nSPS) is 19.9. The highest BCUT2D eigenvalue weighted by molar-refractivity contribution is 5.90. The lowest BCUT2D eigenvalue weighted by Crippen LogP contribution is -2.29. The van der Waals surface area contributed by atoms with Gasteiger partial charge in [0.15, 0.2) is 0 Å². The van der Waals surface area contributed by atoms with E-state index in [0.29, 0.717) is 11.8 Å². The van der Waals surface area contributed by atoms with Crippen molar-refractivity contribution in [2.45, 2.75) is 32.0 Å². The zero-order valence-corrected chi connectivity index (χ0v) is 15.8. The van der Waals surface area contributed by atoms with Gasteiger partial charge in [-0.1, -0.05) is 60.7 Å². The summed E-state index contributed by atoms with van der Waals surface area (Å²) in [6.45, 7) is 3.94. The molecule has 0 radical (unpaired) electrons. The number of hydrogen-bond donors (Lipinski definition) is 1. The number of nitrogens with zero attached hydrogens (tertiary/aromatic N) is 3. The number of aromatic nitrogens is 2. The standard InChI is InChI=1S/C22H22N4O2/c1-15(17-9-5-3-6-10-17)24-21-23-14-13-19(25-21)26-20(16(2)28-22(26)27)18-11-7-4-8-12-18/h3-16,20H,1-2H3,(H,23,24,25)/t15-,16-,20-/m1/s1. The van der Waals surface area contributed by atoms with Gasteiger partial charge < -0.3 is 10.1 Å². The molecule has 0 bridgehead atoms. The lowest BCUT2D eigenvalue weighted by atomic mass is 10.0. The smallest absolute Gasteiger partial charge is 0.416 e. The SMILES string of the molecule is C[C@@H](Nc1nccc(N2C(=O)O[C@H](C)[C@@H]2c2ccccc2)n1)c1ccccc1. The summed E-state index contributed by atoms with van der Waals surface area (Å²) in [5.41, 5.74) is 2.14. The molecule has 1 N–H and O–H groups in total. The summed E-state index contributed by atoms with van der Waals surface area (Å²) >= 11 is 0. The third-order valence-corrected chi connectivity index (χ3v) is 4.88. The zero-order valence-electron chi connectivity index (χ0n) is 15.8. The van der Waals surface area contributed by atoms with Gasteiger partial charge in [-0.15, -0.1) is 0 Å². The van der Waals surface area contributed by atoms with E-state index in [1.807, 2.05) is 74.5 Å². The second-order valence-electron chi connectivity index (χ2n) is 6.83.